The zero-order valence-electron chi connectivity index (χ0n) is 11.8. The largest absolute Gasteiger partial charge is 0.313 e. The Morgan fingerprint density at radius 1 is 1.20 bits per heavy atom. The molecule has 0 spiro atoms. The molecule has 1 aliphatic heterocycles. The van der Waals surface area contributed by atoms with Crippen LogP contribution < -0.4 is 5.32 Å². The van der Waals surface area contributed by atoms with Gasteiger partial charge in [-0.05, 0) is 30.7 Å². The summed E-state index contributed by atoms with van der Waals surface area (Å²) in [6, 6.07) is 7.24. The molecule has 1 saturated heterocycles. The Kier molecular flexibility index (Phi) is 5.89. The molecule has 1 fully saturated rings. The number of thioether (sulfide) groups is 1. The maximum Gasteiger partial charge on any atom is 0.243 e. The van der Waals surface area contributed by atoms with E-state index in [1.807, 2.05) is 23.9 Å². The minimum absolute atomic E-state index is 0.406. The van der Waals surface area contributed by atoms with E-state index in [2.05, 4.69) is 12.2 Å². The van der Waals surface area contributed by atoms with Gasteiger partial charge in [-0.25, -0.2) is 8.42 Å². The molecule has 2 rings (SSSR count). The molecule has 0 unspecified atom stereocenters. The van der Waals surface area contributed by atoms with Gasteiger partial charge >= 0.3 is 0 Å². The molecule has 1 heterocycles. The molecular weight excluding hydrogens is 292 g/mol. The first kappa shape index (κ1) is 15.8. The molecule has 0 atom stereocenters. The molecule has 6 heteroatoms. The Morgan fingerprint density at radius 2 is 1.85 bits per heavy atom. The Balaban J connectivity index is 2.04. The van der Waals surface area contributed by atoms with Crippen LogP contribution in [-0.4, -0.2) is 43.9 Å². The highest BCUT2D eigenvalue weighted by Crippen LogP contribution is 2.20. The Bertz CT molecular complexity index is 508. The molecular formula is C14H22N2O2S2. The number of sulfonamides is 1. The molecule has 1 N–H and O–H groups in total. The maximum absolute atomic E-state index is 12.5. The summed E-state index contributed by atoms with van der Waals surface area (Å²) in [5.74, 6) is 1.77. The third kappa shape index (κ3) is 3.97. The van der Waals surface area contributed by atoms with Crippen LogP contribution in [0.4, 0.5) is 0 Å². The fourth-order valence-electron chi connectivity index (χ4n) is 2.12. The van der Waals surface area contributed by atoms with E-state index in [-0.39, 0.29) is 0 Å². The molecule has 0 saturated carbocycles. The lowest BCUT2D eigenvalue weighted by atomic mass is 10.2. The summed E-state index contributed by atoms with van der Waals surface area (Å²) in [5.41, 5.74) is 1.12. The second kappa shape index (κ2) is 7.45. The standard InChI is InChI=1S/C14H22N2O2S2/c1-2-7-15-12-13-3-5-14(6-4-13)20(17,18)16-8-10-19-11-9-16/h3-6,15H,2,7-12H2,1H3. The van der Waals surface area contributed by atoms with Gasteiger partial charge in [0.05, 0.1) is 4.90 Å². The number of hydrogen-bond acceptors (Lipinski definition) is 4. The van der Waals surface area contributed by atoms with Crippen LogP contribution in [0.2, 0.25) is 0 Å². The van der Waals surface area contributed by atoms with Gasteiger partial charge in [-0.3, -0.25) is 0 Å². The molecule has 1 aliphatic rings. The highest BCUT2D eigenvalue weighted by atomic mass is 32.2. The molecule has 0 radical (unpaired) electrons. The van der Waals surface area contributed by atoms with Gasteiger partial charge in [0.15, 0.2) is 0 Å². The number of hydrogen-bond donors (Lipinski definition) is 1. The van der Waals surface area contributed by atoms with Crippen molar-refractivity contribution in [3.05, 3.63) is 29.8 Å². The normalized spacial score (nSPS) is 17.2. The monoisotopic (exact) mass is 314 g/mol. The molecule has 112 valence electrons. The predicted molar refractivity (Wildman–Crippen MR) is 84.5 cm³/mol. The van der Waals surface area contributed by atoms with E-state index in [1.54, 1.807) is 16.4 Å². The van der Waals surface area contributed by atoms with Crippen molar-refractivity contribution < 1.29 is 8.42 Å². The van der Waals surface area contributed by atoms with Crippen molar-refractivity contribution in [2.24, 2.45) is 0 Å². The van der Waals surface area contributed by atoms with E-state index in [0.29, 0.717) is 18.0 Å². The van der Waals surface area contributed by atoms with Gasteiger partial charge < -0.3 is 5.32 Å². The third-order valence-corrected chi connectivity index (χ3v) is 6.14. The first-order chi connectivity index (χ1) is 9.64. The molecule has 0 aromatic heterocycles. The van der Waals surface area contributed by atoms with Gasteiger partial charge in [0.25, 0.3) is 0 Å². The third-order valence-electron chi connectivity index (χ3n) is 3.29. The van der Waals surface area contributed by atoms with Crippen LogP contribution in [0.3, 0.4) is 0 Å². The average Bonchev–Trinajstić information content (AvgIpc) is 2.49. The summed E-state index contributed by atoms with van der Waals surface area (Å²) in [7, 11) is -3.30. The maximum atomic E-state index is 12.5. The van der Waals surface area contributed by atoms with Crippen molar-refractivity contribution >= 4 is 21.8 Å². The molecule has 0 aliphatic carbocycles. The zero-order chi connectivity index (χ0) is 14.4. The quantitative estimate of drug-likeness (QED) is 0.815. The molecule has 1 aromatic carbocycles. The van der Waals surface area contributed by atoms with Crippen LogP contribution in [0.5, 0.6) is 0 Å². The average molecular weight is 314 g/mol. The second-order valence-electron chi connectivity index (χ2n) is 4.84. The summed E-state index contributed by atoms with van der Waals surface area (Å²) in [6.07, 6.45) is 1.10. The number of rotatable bonds is 6. The summed E-state index contributed by atoms with van der Waals surface area (Å²) < 4.78 is 26.5. The van der Waals surface area contributed by atoms with E-state index >= 15 is 0 Å². The van der Waals surface area contributed by atoms with Gasteiger partial charge in [-0.2, -0.15) is 16.1 Å². The smallest absolute Gasteiger partial charge is 0.243 e. The van der Waals surface area contributed by atoms with Crippen molar-refractivity contribution in [3.8, 4) is 0 Å². The lowest BCUT2D eigenvalue weighted by Gasteiger charge is -2.25. The Morgan fingerprint density at radius 3 is 2.45 bits per heavy atom. The van der Waals surface area contributed by atoms with E-state index in [0.717, 1.165) is 36.6 Å². The van der Waals surface area contributed by atoms with Gasteiger partial charge in [0.2, 0.25) is 10.0 Å². The molecule has 0 amide bonds. The minimum Gasteiger partial charge on any atom is -0.313 e. The first-order valence-electron chi connectivity index (χ1n) is 7.02. The second-order valence-corrected chi connectivity index (χ2v) is 8.00. The van der Waals surface area contributed by atoms with Crippen molar-refractivity contribution in [1.29, 1.82) is 0 Å². The van der Waals surface area contributed by atoms with E-state index in [9.17, 15) is 8.42 Å². The van der Waals surface area contributed by atoms with E-state index in [4.69, 9.17) is 0 Å². The molecule has 0 bridgehead atoms. The Hall–Kier alpha value is -0.560. The summed E-state index contributed by atoms with van der Waals surface area (Å²) in [4.78, 5) is 0.406. The fourth-order valence-corrected chi connectivity index (χ4v) is 4.70. The van der Waals surface area contributed by atoms with Crippen molar-refractivity contribution in [3.63, 3.8) is 0 Å². The highest BCUT2D eigenvalue weighted by molar-refractivity contribution is 7.99. The van der Waals surface area contributed by atoms with Crippen LogP contribution in [0.25, 0.3) is 0 Å². The highest BCUT2D eigenvalue weighted by Gasteiger charge is 2.25. The number of benzene rings is 1. The van der Waals surface area contributed by atoms with Gasteiger partial charge in [-0.1, -0.05) is 19.1 Å². The van der Waals surface area contributed by atoms with Crippen LogP contribution in [0.15, 0.2) is 29.2 Å². The van der Waals surface area contributed by atoms with E-state index in [1.165, 1.54) is 0 Å². The summed E-state index contributed by atoms with van der Waals surface area (Å²) >= 11 is 1.81. The van der Waals surface area contributed by atoms with Crippen LogP contribution >= 0.6 is 11.8 Å². The van der Waals surface area contributed by atoms with Crippen LogP contribution in [0.1, 0.15) is 18.9 Å². The lowest BCUT2D eigenvalue weighted by molar-refractivity contribution is 0.443. The van der Waals surface area contributed by atoms with Crippen molar-refractivity contribution in [1.82, 2.24) is 9.62 Å². The SMILES string of the molecule is CCCNCc1ccc(S(=O)(=O)N2CCSCC2)cc1. The van der Waals surface area contributed by atoms with Gasteiger partial charge in [-0.15, -0.1) is 0 Å². The van der Waals surface area contributed by atoms with E-state index < -0.39 is 10.0 Å². The van der Waals surface area contributed by atoms with Crippen LogP contribution in [-0.2, 0) is 16.6 Å². The zero-order valence-corrected chi connectivity index (χ0v) is 13.5. The van der Waals surface area contributed by atoms with Crippen molar-refractivity contribution in [2.45, 2.75) is 24.8 Å². The lowest BCUT2D eigenvalue weighted by Crippen LogP contribution is -2.37. The Labute approximate surface area is 126 Å². The van der Waals surface area contributed by atoms with Crippen molar-refractivity contribution in [2.75, 3.05) is 31.1 Å². The number of nitrogens with zero attached hydrogens (tertiary/aromatic N) is 1. The predicted octanol–water partition coefficient (Wildman–Crippen LogP) is 1.92. The van der Waals surface area contributed by atoms with Gasteiger partial charge in [0.1, 0.15) is 0 Å². The topological polar surface area (TPSA) is 49.4 Å². The molecule has 1 aromatic rings. The fraction of sp³-hybridized carbons (Fsp3) is 0.571. The minimum atomic E-state index is -3.30. The van der Waals surface area contributed by atoms with Gasteiger partial charge in [0, 0.05) is 31.1 Å². The number of nitrogens with one attached hydrogen (secondary N) is 1. The first-order valence-corrected chi connectivity index (χ1v) is 9.61. The van der Waals surface area contributed by atoms with Crippen LogP contribution in [0, 0.1) is 0 Å². The summed E-state index contributed by atoms with van der Waals surface area (Å²) in [5, 5.41) is 3.31. The molecule has 20 heavy (non-hydrogen) atoms. The molecule has 4 nitrogen and oxygen atoms in total. The summed E-state index contributed by atoms with van der Waals surface area (Å²) in [6.45, 7) is 5.12.